The molecule has 0 radical (unpaired) electrons. The molecule has 0 aromatic carbocycles. The molecule has 2 aromatic rings. The lowest BCUT2D eigenvalue weighted by Gasteiger charge is -2.09. The van der Waals surface area contributed by atoms with E-state index in [1.165, 1.54) is 6.07 Å². The molecule has 2 N–H and O–H groups in total. The van der Waals surface area contributed by atoms with Crippen LogP contribution in [0.5, 0.6) is 0 Å². The minimum Gasteiger partial charge on any atom is -0.464 e. The molecule has 98 valence electrons. The van der Waals surface area contributed by atoms with E-state index in [4.69, 9.17) is 4.42 Å². The molecule has 5 nitrogen and oxygen atoms in total. The van der Waals surface area contributed by atoms with Gasteiger partial charge in [0.25, 0.3) is 0 Å². The van der Waals surface area contributed by atoms with Gasteiger partial charge in [-0.2, -0.15) is 0 Å². The number of sulfonamides is 1. The van der Waals surface area contributed by atoms with Gasteiger partial charge in [0.1, 0.15) is 21.8 Å². The van der Waals surface area contributed by atoms with Crippen molar-refractivity contribution in [1.29, 1.82) is 0 Å². The van der Waals surface area contributed by atoms with Gasteiger partial charge in [0, 0.05) is 6.54 Å². The number of furan rings is 1. The number of aryl methyl sites for hydroxylation is 1. The summed E-state index contributed by atoms with van der Waals surface area (Å²) in [6.07, 6.45) is -0.992. The third-order valence-corrected chi connectivity index (χ3v) is 5.14. The summed E-state index contributed by atoms with van der Waals surface area (Å²) in [7, 11) is -3.55. The van der Waals surface area contributed by atoms with E-state index in [1.54, 1.807) is 30.5 Å². The molecular weight excluding hydrogens is 274 g/mol. The second-order valence-electron chi connectivity index (χ2n) is 3.75. The summed E-state index contributed by atoms with van der Waals surface area (Å²) in [5, 5.41) is 11.5. The molecule has 2 heterocycles. The maximum Gasteiger partial charge on any atom is 0.250 e. The molecule has 0 spiro atoms. The summed E-state index contributed by atoms with van der Waals surface area (Å²) in [5.41, 5.74) is 0. The van der Waals surface area contributed by atoms with E-state index in [-0.39, 0.29) is 10.8 Å². The first-order chi connectivity index (χ1) is 8.49. The Morgan fingerprint density at radius 1 is 1.44 bits per heavy atom. The van der Waals surface area contributed by atoms with E-state index in [0.717, 1.165) is 11.3 Å². The predicted octanol–water partition coefficient (Wildman–Crippen LogP) is 1.66. The predicted molar refractivity (Wildman–Crippen MR) is 67.9 cm³/mol. The van der Waals surface area contributed by atoms with E-state index < -0.39 is 16.1 Å². The fourth-order valence-electron chi connectivity index (χ4n) is 1.41. The highest BCUT2D eigenvalue weighted by Gasteiger charge is 2.18. The van der Waals surface area contributed by atoms with Gasteiger partial charge in [-0.1, -0.05) is 6.07 Å². The molecule has 0 fully saturated rings. The van der Waals surface area contributed by atoms with Gasteiger partial charge in [-0.25, -0.2) is 13.1 Å². The minimum absolute atomic E-state index is 0.118. The highest BCUT2D eigenvalue weighted by Crippen LogP contribution is 2.18. The molecule has 2 rings (SSSR count). The lowest BCUT2D eigenvalue weighted by atomic mass is 10.3. The first-order valence-electron chi connectivity index (χ1n) is 5.26. The number of rotatable bonds is 5. The minimum atomic E-state index is -3.55. The van der Waals surface area contributed by atoms with Crippen molar-refractivity contribution in [1.82, 2.24) is 4.72 Å². The van der Waals surface area contributed by atoms with Crippen molar-refractivity contribution in [2.45, 2.75) is 17.2 Å². The van der Waals surface area contributed by atoms with Crippen molar-refractivity contribution in [2.75, 3.05) is 6.54 Å². The lowest BCUT2D eigenvalue weighted by molar-refractivity contribution is 0.152. The van der Waals surface area contributed by atoms with Gasteiger partial charge in [-0.15, -0.1) is 11.3 Å². The van der Waals surface area contributed by atoms with Crippen LogP contribution >= 0.6 is 11.3 Å². The maximum atomic E-state index is 11.8. The SMILES string of the molecule is Cc1ccc([C@H](O)CNS(=O)(=O)c2cccs2)o1. The van der Waals surface area contributed by atoms with Crippen LogP contribution in [0.2, 0.25) is 0 Å². The van der Waals surface area contributed by atoms with Crippen LogP contribution in [0, 0.1) is 6.92 Å². The second kappa shape index (κ2) is 5.23. The van der Waals surface area contributed by atoms with Gasteiger partial charge in [-0.05, 0) is 30.5 Å². The third kappa shape index (κ3) is 2.99. The number of hydrogen-bond acceptors (Lipinski definition) is 5. The standard InChI is InChI=1S/C11H13NO4S2/c1-8-4-5-10(16-8)9(13)7-12-18(14,15)11-3-2-6-17-11/h2-6,9,12-13H,7H2,1H3/t9-/m1/s1. The second-order valence-corrected chi connectivity index (χ2v) is 6.69. The van der Waals surface area contributed by atoms with Gasteiger partial charge in [0.15, 0.2) is 0 Å². The monoisotopic (exact) mass is 287 g/mol. The first kappa shape index (κ1) is 13.3. The number of aliphatic hydroxyl groups is 1. The summed E-state index contributed by atoms with van der Waals surface area (Å²) < 4.78 is 31.4. The van der Waals surface area contributed by atoms with Gasteiger partial charge < -0.3 is 9.52 Å². The van der Waals surface area contributed by atoms with Crippen molar-refractivity contribution in [3.05, 3.63) is 41.2 Å². The average molecular weight is 287 g/mol. The van der Waals surface area contributed by atoms with E-state index in [0.29, 0.717) is 11.5 Å². The van der Waals surface area contributed by atoms with Crippen molar-refractivity contribution in [2.24, 2.45) is 0 Å². The molecule has 1 atom stereocenters. The summed E-state index contributed by atoms with van der Waals surface area (Å²) in [4.78, 5) is 0. The summed E-state index contributed by atoms with van der Waals surface area (Å²) in [5.74, 6) is 1.02. The Kier molecular flexibility index (Phi) is 3.86. The molecule has 0 amide bonds. The highest BCUT2D eigenvalue weighted by molar-refractivity contribution is 7.91. The molecule has 7 heteroatoms. The van der Waals surface area contributed by atoms with Crippen molar-refractivity contribution >= 4 is 21.4 Å². The third-order valence-electron chi connectivity index (χ3n) is 2.32. The van der Waals surface area contributed by atoms with Crippen LogP contribution in [-0.4, -0.2) is 20.1 Å². The van der Waals surface area contributed by atoms with Crippen LogP contribution in [0.1, 0.15) is 17.6 Å². The molecule has 2 aromatic heterocycles. The summed E-state index contributed by atoms with van der Waals surface area (Å²) in [6.45, 7) is 1.64. The Morgan fingerprint density at radius 3 is 2.78 bits per heavy atom. The molecule has 0 aliphatic carbocycles. The zero-order valence-corrected chi connectivity index (χ0v) is 11.3. The lowest BCUT2D eigenvalue weighted by Crippen LogP contribution is -2.27. The quantitative estimate of drug-likeness (QED) is 0.876. The van der Waals surface area contributed by atoms with E-state index in [2.05, 4.69) is 4.72 Å². The van der Waals surface area contributed by atoms with Gasteiger partial charge in [0.05, 0.1) is 0 Å². The van der Waals surface area contributed by atoms with Crippen molar-refractivity contribution in [3.8, 4) is 0 Å². The zero-order valence-electron chi connectivity index (χ0n) is 9.66. The molecule has 0 saturated carbocycles. The van der Waals surface area contributed by atoms with Crippen LogP contribution in [-0.2, 0) is 10.0 Å². The normalized spacial score (nSPS) is 13.7. The first-order valence-corrected chi connectivity index (χ1v) is 7.63. The molecule has 0 aliphatic rings. The Bertz CT molecular complexity index is 601. The van der Waals surface area contributed by atoms with E-state index in [9.17, 15) is 13.5 Å². The maximum absolute atomic E-state index is 11.8. The van der Waals surface area contributed by atoms with E-state index in [1.807, 2.05) is 0 Å². The summed E-state index contributed by atoms with van der Waals surface area (Å²) >= 11 is 1.13. The highest BCUT2D eigenvalue weighted by atomic mass is 32.2. The zero-order chi connectivity index (χ0) is 13.2. The number of thiophene rings is 1. The van der Waals surface area contributed by atoms with Crippen LogP contribution in [0.25, 0.3) is 0 Å². The number of hydrogen-bond donors (Lipinski definition) is 2. The fourth-order valence-corrected chi connectivity index (χ4v) is 3.49. The summed E-state index contributed by atoms with van der Waals surface area (Å²) in [6, 6.07) is 6.51. The largest absolute Gasteiger partial charge is 0.464 e. The van der Waals surface area contributed by atoms with Crippen LogP contribution in [0.15, 0.2) is 38.3 Å². The van der Waals surface area contributed by atoms with Crippen LogP contribution in [0.3, 0.4) is 0 Å². The smallest absolute Gasteiger partial charge is 0.250 e. The average Bonchev–Trinajstić information content (AvgIpc) is 2.96. The Hall–Kier alpha value is -1.15. The van der Waals surface area contributed by atoms with Crippen molar-refractivity contribution in [3.63, 3.8) is 0 Å². The van der Waals surface area contributed by atoms with Gasteiger partial charge in [0.2, 0.25) is 10.0 Å². The van der Waals surface area contributed by atoms with Crippen molar-refractivity contribution < 1.29 is 17.9 Å². The molecule has 0 saturated heterocycles. The Morgan fingerprint density at radius 2 is 2.22 bits per heavy atom. The van der Waals surface area contributed by atoms with E-state index >= 15 is 0 Å². The van der Waals surface area contributed by atoms with Gasteiger partial charge in [-0.3, -0.25) is 0 Å². The number of aliphatic hydroxyl groups excluding tert-OH is 1. The topological polar surface area (TPSA) is 79.5 Å². The fraction of sp³-hybridized carbons (Fsp3) is 0.273. The molecule has 0 bridgehead atoms. The Labute approximate surface area is 109 Å². The molecule has 18 heavy (non-hydrogen) atoms. The number of nitrogens with one attached hydrogen (secondary N) is 1. The molecular formula is C11H13NO4S2. The Balaban J connectivity index is 2.00. The molecule has 0 unspecified atom stereocenters. The van der Waals surface area contributed by atoms with Crippen LogP contribution in [0.4, 0.5) is 0 Å². The van der Waals surface area contributed by atoms with Crippen LogP contribution < -0.4 is 4.72 Å². The van der Waals surface area contributed by atoms with Gasteiger partial charge >= 0.3 is 0 Å². The molecule has 0 aliphatic heterocycles.